The van der Waals surface area contributed by atoms with E-state index in [0.29, 0.717) is 0 Å². The van der Waals surface area contributed by atoms with Crippen LogP contribution in [0.5, 0.6) is 0 Å². The van der Waals surface area contributed by atoms with Gasteiger partial charge in [0.25, 0.3) is 0 Å². The van der Waals surface area contributed by atoms with Crippen LogP contribution in [0.4, 0.5) is 0 Å². The van der Waals surface area contributed by atoms with Crippen molar-refractivity contribution in [2.75, 3.05) is 0 Å². The molecule has 1 aromatic rings. The minimum atomic E-state index is -0.183. The maximum absolute atomic E-state index is 7.41. The van der Waals surface area contributed by atoms with E-state index in [9.17, 15) is 0 Å². The van der Waals surface area contributed by atoms with E-state index in [-0.39, 0.29) is 18.7 Å². The molecule has 0 aromatic heterocycles. The van der Waals surface area contributed by atoms with Gasteiger partial charge in [0.15, 0.2) is 0 Å². The van der Waals surface area contributed by atoms with Gasteiger partial charge < -0.3 is 0 Å². The predicted molar refractivity (Wildman–Crippen MR) is 38.4 cm³/mol. The van der Waals surface area contributed by atoms with Crippen molar-refractivity contribution in [1.29, 1.82) is 0 Å². The zero-order valence-corrected chi connectivity index (χ0v) is 5.12. The van der Waals surface area contributed by atoms with Gasteiger partial charge in [0.2, 0.25) is 0 Å². The molecule has 1 aliphatic rings. The zero-order valence-electron chi connectivity index (χ0n) is 7.12. The predicted octanol–water partition coefficient (Wildman–Crippen LogP) is 2.56. The monoisotopic (exact) mass is 120 g/mol. The summed E-state index contributed by atoms with van der Waals surface area (Å²) in [6, 6.07) is 9.89. The first-order chi connectivity index (χ1) is 5.30. The Kier molecular flexibility index (Phi) is 0.707. The molecule has 46 valence electrons. The van der Waals surface area contributed by atoms with Crippen LogP contribution in [0.1, 0.15) is 27.0 Å². The molecule has 0 N–H and O–H groups in total. The molecular weight excluding hydrogens is 108 g/mol. The second-order valence-corrected chi connectivity index (χ2v) is 2.32. The van der Waals surface area contributed by atoms with Crippen LogP contribution in [-0.2, 0) is 0 Å². The van der Waals surface area contributed by atoms with Crippen molar-refractivity contribution in [2.45, 2.75) is 18.7 Å². The van der Waals surface area contributed by atoms with Gasteiger partial charge in [-0.3, -0.25) is 0 Å². The fraction of sp³-hybridized carbons (Fsp3) is 0.333. The van der Waals surface area contributed by atoms with E-state index in [4.69, 9.17) is 2.74 Å². The zero-order chi connectivity index (χ0) is 7.84. The summed E-state index contributed by atoms with van der Waals surface area (Å²) in [7, 11) is 0. The summed E-state index contributed by atoms with van der Waals surface area (Å²) >= 11 is 0. The first-order valence-electron chi connectivity index (χ1n) is 4.35. The molecule has 9 heavy (non-hydrogen) atoms. The van der Waals surface area contributed by atoms with Crippen molar-refractivity contribution in [3.05, 3.63) is 35.9 Å². The highest BCUT2D eigenvalue weighted by Gasteiger charge is 2.22. The summed E-state index contributed by atoms with van der Waals surface area (Å²) in [6.45, 7) is 0. The molecule has 2 rings (SSSR count). The lowest BCUT2D eigenvalue weighted by Gasteiger charge is -1.92. The summed E-state index contributed by atoms with van der Waals surface area (Å²) in [5.74, 6) is 0.177. The van der Waals surface area contributed by atoms with Gasteiger partial charge in [-0.25, -0.2) is 0 Å². The first kappa shape index (κ1) is 3.40. The number of hydrogen-bond donors (Lipinski definition) is 0. The summed E-state index contributed by atoms with van der Waals surface area (Å²) < 4.78 is 14.8. The highest BCUT2D eigenvalue weighted by atomic mass is 14.3. The Morgan fingerprint density at radius 1 is 1.22 bits per heavy atom. The standard InChI is InChI=1S/C9H10/c1-2-4-8(5-3-1)9-6-7-9/h1-5,9H,6-7H2/i6D,7D/t6-,7+,9?. The summed E-state index contributed by atoms with van der Waals surface area (Å²) in [5.41, 5.74) is 1.15. The Hall–Kier alpha value is -0.780. The smallest absolute Gasteiger partial charge is 0.0273 e. The number of hydrogen-bond acceptors (Lipinski definition) is 0. The summed E-state index contributed by atoms with van der Waals surface area (Å²) in [5, 5.41) is 0. The molecule has 1 saturated carbocycles. The first-order valence-corrected chi connectivity index (χ1v) is 3.20. The Bertz CT molecular complexity index is 237. The molecule has 0 amide bonds. The van der Waals surface area contributed by atoms with Crippen LogP contribution in [0.2, 0.25) is 0 Å². The lowest BCUT2D eigenvalue weighted by molar-refractivity contribution is 1.13. The van der Waals surface area contributed by atoms with Crippen LogP contribution in [0.3, 0.4) is 0 Å². The van der Waals surface area contributed by atoms with Crippen LogP contribution >= 0.6 is 0 Å². The van der Waals surface area contributed by atoms with Gasteiger partial charge in [0.1, 0.15) is 0 Å². The molecule has 1 aromatic carbocycles. The minimum Gasteiger partial charge on any atom is -0.0622 e. The minimum absolute atomic E-state index is 0.177. The largest absolute Gasteiger partial charge is 0.0622 e. The van der Waals surface area contributed by atoms with E-state index in [0.717, 1.165) is 5.56 Å². The van der Waals surface area contributed by atoms with Gasteiger partial charge in [0, 0.05) is 2.74 Å². The van der Waals surface area contributed by atoms with Crippen molar-refractivity contribution in [3.63, 3.8) is 0 Å². The molecule has 0 saturated heterocycles. The van der Waals surface area contributed by atoms with Crippen molar-refractivity contribution >= 4 is 0 Å². The molecule has 1 fully saturated rings. The molecule has 0 heterocycles. The van der Waals surface area contributed by atoms with Crippen LogP contribution in [0.25, 0.3) is 0 Å². The van der Waals surface area contributed by atoms with Crippen molar-refractivity contribution in [3.8, 4) is 0 Å². The van der Waals surface area contributed by atoms with Gasteiger partial charge in [0.05, 0.1) is 0 Å². The molecule has 0 radical (unpaired) electrons. The molecule has 3 atom stereocenters. The number of benzene rings is 1. The van der Waals surface area contributed by atoms with Gasteiger partial charge in [-0.1, -0.05) is 30.3 Å². The SMILES string of the molecule is [2H][C@@H]1C(c2ccccc2)[C@@H]1[2H]. The molecule has 1 unspecified atom stereocenters. The van der Waals surface area contributed by atoms with Crippen molar-refractivity contribution in [2.24, 2.45) is 0 Å². The molecule has 0 nitrogen and oxygen atoms in total. The summed E-state index contributed by atoms with van der Waals surface area (Å²) in [6.07, 6.45) is -0.366. The molecule has 1 aliphatic carbocycles. The quantitative estimate of drug-likeness (QED) is 0.534. The van der Waals surface area contributed by atoms with Gasteiger partial charge in [-0.05, 0) is 24.3 Å². The average Bonchev–Trinajstić information content (AvgIpc) is 2.62. The van der Waals surface area contributed by atoms with Crippen LogP contribution in [0.15, 0.2) is 30.3 Å². The van der Waals surface area contributed by atoms with Gasteiger partial charge >= 0.3 is 0 Å². The van der Waals surface area contributed by atoms with E-state index in [1.807, 2.05) is 30.3 Å². The third kappa shape index (κ3) is 0.973. The molecule has 0 aliphatic heterocycles. The maximum Gasteiger partial charge on any atom is 0.0273 e. The lowest BCUT2D eigenvalue weighted by atomic mass is 10.1. The molecule has 0 spiro atoms. The van der Waals surface area contributed by atoms with Crippen LogP contribution in [-0.4, -0.2) is 0 Å². The molecule has 0 heteroatoms. The van der Waals surface area contributed by atoms with Crippen LogP contribution < -0.4 is 0 Å². The molecular formula is C9H10. The topological polar surface area (TPSA) is 0 Å². The maximum atomic E-state index is 7.41. The van der Waals surface area contributed by atoms with Gasteiger partial charge in [-0.2, -0.15) is 0 Å². The van der Waals surface area contributed by atoms with E-state index < -0.39 is 0 Å². The Labute approximate surface area is 58.3 Å². The van der Waals surface area contributed by atoms with Crippen molar-refractivity contribution in [1.82, 2.24) is 0 Å². The second-order valence-electron chi connectivity index (χ2n) is 2.32. The second kappa shape index (κ2) is 1.87. The van der Waals surface area contributed by atoms with Crippen molar-refractivity contribution < 1.29 is 2.74 Å². The van der Waals surface area contributed by atoms with E-state index in [2.05, 4.69) is 0 Å². The lowest BCUT2D eigenvalue weighted by Crippen LogP contribution is -1.73. The Balaban J connectivity index is 2.20. The third-order valence-corrected chi connectivity index (χ3v) is 1.57. The number of rotatable bonds is 1. The van der Waals surface area contributed by atoms with Gasteiger partial charge in [-0.15, -0.1) is 0 Å². The Morgan fingerprint density at radius 3 is 2.44 bits per heavy atom. The highest BCUT2D eigenvalue weighted by molar-refractivity contribution is 5.22. The normalized spacial score (nSPS) is 43.3. The van der Waals surface area contributed by atoms with Crippen LogP contribution in [0, 0.1) is 0 Å². The van der Waals surface area contributed by atoms with E-state index in [1.54, 1.807) is 0 Å². The van der Waals surface area contributed by atoms with E-state index >= 15 is 0 Å². The van der Waals surface area contributed by atoms with E-state index in [1.165, 1.54) is 0 Å². The Morgan fingerprint density at radius 2 is 1.89 bits per heavy atom. The fourth-order valence-corrected chi connectivity index (χ4v) is 0.953. The molecule has 0 bridgehead atoms. The third-order valence-electron chi connectivity index (χ3n) is 1.57. The highest BCUT2D eigenvalue weighted by Crippen LogP contribution is 2.39. The summed E-state index contributed by atoms with van der Waals surface area (Å²) in [4.78, 5) is 0. The average molecular weight is 120 g/mol. The fourth-order valence-electron chi connectivity index (χ4n) is 0.953.